The predicted octanol–water partition coefficient (Wildman–Crippen LogP) is 2.78. The number of alkyl carbamates (subject to hydrolysis) is 1. The second kappa shape index (κ2) is 6.44. The van der Waals surface area contributed by atoms with Gasteiger partial charge in [-0.1, -0.05) is 48.5 Å². The summed E-state index contributed by atoms with van der Waals surface area (Å²) >= 11 is 0. The van der Waals surface area contributed by atoms with Gasteiger partial charge >= 0.3 is 6.09 Å². The molecule has 26 heavy (non-hydrogen) atoms. The summed E-state index contributed by atoms with van der Waals surface area (Å²) in [6, 6.07) is 17.8. The molecule has 0 saturated heterocycles. The van der Waals surface area contributed by atoms with Crippen molar-refractivity contribution in [3.63, 3.8) is 0 Å². The molecule has 1 amide bonds. The van der Waals surface area contributed by atoms with E-state index in [-0.39, 0.29) is 0 Å². The van der Waals surface area contributed by atoms with Crippen LogP contribution in [0.25, 0.3) is 5.69 Å². The summed E-state index contributed by atoms with van der Waals surface area (Å²) in [5.74, 6) is 1.25. The van der Waals surface area contributed by atoms with Crippen LogP contribution in [-0.4, -0.2) is 33.7 Å². The van der Waals surface area contributed by atoms with Gasteiger partial charge in [0.25, 0.3) is 0 Å². The van der Waals surface area contributed by atoms with E-state index in [0.717, 1.165) is 22.5 Å². The van der Waals surface area contributed by atoms with Crippen LogP contribution in [0.4, 0.5) is 4.79 Å². The molecule has 2 heterocycles. The first-order chi connectivity index (χ1) is 12.7. The minimum Gasteiger partial charge on any atom is -0.453 e. The number of hydrogen-bond acceptors (Lipinski definition) is 5. The molecule has 0 spiro atoms. The van der Waals surface area contributed by atoms with Crippen molar-refractivity contribution in [2.24, 2.45) is 4.99 Å². The fraction of sp³-hybridized carbons (Fsp3) is 0.158. The number of fused-ring (bicyclic) bond motifs is 3. The van der Waals surface area contributed by atoms with Gasteiger partial charge in [-0.3, -0.25) is 14.9 Å². The number of benzene rings is 2. The normalized spacial score (nSPS) is 15.3. The molecular formula is C19H17N5O2. The third kappa shape index (κ3) is 2.63. The lowest BCUT2D eigenvalue weighted by atomic mass is 10.0. The highest BCUT2D eigenvalue weighted by molar-refractivity contribution is 6.15. The molecule has 0 bridgehead atoms. The molecule has 130 valence electrons. The quantitative estimate of drug-likeness (QED) is 0.773. The SMILES string of the molecule is COC(=O)NC1N=C(c2ccccc2)c2ccccc2-n2c(C)nnc21. The van der Waals surface area contributed by atoms with Gasteiger partial charge in [0.05, 0.1) is 18.5 Å². The average molecular weight is 347 g/mol. The summed E-state index contributed by atoms with van der Waals surface area (Å²) in [5.41, 5.74) is 3.58. The van der Waals surface area contributed by atoms with Crippen molar-refractivity contribution >= 4 is 11.8 Å². The predicted molar refractivity (Wildman–Crippen MR) is 96.5 cm³/mol. The van der Waals surface area contributed by atoms with Crippen LogP contribution in [0.3, 0.4) is 0 Å². The van der Waals surface area contributed by atoms with Gasteiger partial charge in [-0.15, -0.1) is 10.2 Å². The van der Waals surface area contributed by atoms with Gasteiger partial charge in [-0.25, -0.2) is 4.79 Å². The molecule has 0 radical (unpaired) electrons. The number of amides is 1. The highest BCUT2D eigenvalue weighted by Gasteiger charge is 2.29. The zero-order valence-corrected chi connectivity index (χ0v) is 14.4. The Labute approximate surface area is 150 Å². The fourth-order valence-electron chi connectivity index (χ4n) is 3.07. The second-order valence-electron chi connectivity index (χ2n) is 5.84. The minimum absolute atomic E-state index is 0.534. The van der Waals surface area contributed by atoms with Crippen molar-refractivity contribution < 1.29 is 9.53 Å². The van der Waals surface area contributed by atoms with E-state index < -0.39 is 12.3 Å². The number of nitrogens with one attached hydrogen (secondary N) is 1. The molecule has 7 nitrogen and oxygen atoms in total. The first-order valence-corrected chi connectivity index (χ1v) is 8.18. The lowest BCUT2D eigenvalue weighted by Gasteiger charge is -2.13. The maximum atomic E-state index is 11.9. The number of aliphatic imine (C=N–C) groups is 1. The fourth-order valence-corrected chi connectivity index (χ4v) is 3.07. The van der Waals surface area contributed by atoms with Gasteiger partial charge in [0.15, 0.2) is 12.0 Å². The first kappa shape index (κ1) is 16.0. The van der Waals surface area contributed by atoms with Crippen molar-refractivity contribution in [2.45, 2.75) is 13.1 Å². The molecule has 3 aromatic rings. The van der Waals surface area contributed by atoms with Gasteiger partial charge in [0, 0.05) is 11.1 Å². The van der Waals surface area contributed by atoms with Crippen molar-refractivity contribution in [1.29, 1.82) is 0 Å². The smallest absolute Gasteiger partial charge is 0.408 e. The largest absolute Gasteiger partial charge is 0.453 e. The molecule has 1 aliphatic heterocycles. The lowest BCUT2D eigenvalue weighted by molar-refractivity contribution is 0.166. The van der Waals surface area contributed by atoms with Crippen LogP contribution in [-0.2, 0) is 4.74 Å². The van der Waals surface area contributed by atoms with Gasteiger partial charge < -0.3 is 4.74 Å². The van der Waals surface area contributed by atoms with Crippen LogP contribution in [0.2, 0.25) is 0 Å². The maximum Gasteiger partial charge on any atom is 0.408 e. The third-order valence-electron chi connectivity index (χ3n) is 4.24. The number of rotatable bonds is 2. The van der Waals surface area contributed by atoms with Crippen LogP contribution in [0, 0.1) is 6.92 Å². The van der Waals surface area contributed by atoms with Crippen LogP contribution in [0.15, 0.2) is 59.6 Å². The van der Waals surface area contributed by atoms with E-state index in [4.69, 9.17) is 9.73 Å². The van der Waals surface area contributed by atoms with Gasteiger partial charge in [-0.05, 0) is 13.0 Å². The van der Waals surface area contributed by atoms with E-state index in [1.54, 1.807) is 0 Å². The summed E-state index contributed by atoms with van der Waals surface area (Å²) in [6.45, 7) is 1.87. The number of para-hydroxylation sites is 1. The number of aromatic nitrogens is 3. The molecule has 4 rings (SSSR count). The second-order valence-corrected chi connectivity index (χ2v) is 5.84. The molecule has 0 saturated carbocycles. The Kier molecular flexibility index (Phi) is 3.96. The zero-order chi connectivity index (χ0) is 18.1. The van der Waals surface area contributed by atoms with Crippen molar-refractivity contribution in [2.75, 3.05) is 7.11 Å². The minimum atomic E-state index is -0.716. The summed E-state index contributed by atoms with van der Waals surface area (Å²) < 4.78 is 6.67. The summed E-state index contributed by atoms with van der Waals surface area (Å²) in [7, 11) is 1.32. The van der Waals surface area contributed by atoms with Gasteiger partial charge in [0.1, 0.15) is 5.82 Å². The number of methoxy groups -OCH3 is 1. The zero-order valence-electron chi connectivity index (χ0n) is 14.4. The van der Waals surface area contributed by atoms with Crippen LogP contribution >= 0.6 is 0 Å². The number of carbonyl (C=O) groups excluding carboxylic acids is 1. The molecule has 1 atom stereocenters. The molecule has 1 N–H and O–H groups in total. The monoisotopic (exact) mass is 347 g/mol. The molecule has 0 fully saturated rings. The third-order valence-corrected chi connectivity index (χ3v) is 4.24. The molecule has 1 aromatic heterocycles. The Bertz CT molecular complexity index is 994. The Morgan fingerprint density at radius 2 is 1.81 bits per heavy atom. The standard InChI is InChI=1S/C19H17N5O2/c1-12-22-23-18-17(21-19(25)26-2)20-16(13-8-4-3-5-9-13)14-10-6-7-11-15(14)24(12)18/h3-11,17H,1-2H3,(H,21,25). The number of aryl methyl sites for hydroxylation is 1. The highest BCUT2D eigenvalue weighted by atomic mass is 16.5. The van der Waals surface area contributed by atoms with Crippen LogP contribution < -0.4 is 5.32 Å². The maximum absolute atomic E-state index is 11.9. The molecule has 2 aromatic carbocycles. The number of hydrogen-bond donors (Lipinski definition) is 1. The van der Waals surface area contributed by atoms with Crippen LogP contribution in [0.5, 0.6) is 0 Å². The Morgan fingerprint density at radius 1 is 1.08 bits per heavy atom. The van der Waals surface area contributed by atoms with E-state index in [2.05, 4.69) is 15.5 Å². The van der Waals surface area contributed by atoms with Gasteiger partial charge in [-0.2, -0.15) is 0 Å². The van der Waals surface area contributed by atoms with Gasteiger partial charge in [0.2, 0.25) is 0 Å². The Balaban J connectivity index is 1.98. The number of ether oxygens (including phenoxy) is 1. The molecule has 0 aliphatic carbocycles. The molecule has 7 heteroatoms. The summed E-state index contributed by atoms with van der Waals surface area (Å²) in [4.78, 5) is 16.7. The summed E-state index contributed by atoms with van der Waals surface area (Å²) in [6.07, 6.45) is -1.30. The first-order valence-electron chi connectivity index (χ1n) is 8.18. The molecular weight excluding hydrogens is 330 g/mol. The number of nitrogens with zero attached hydrogens (tertiary/aromatic N) is 4. The Morgan fingerprint density at radius 3 is 2.58 bits per heavy atom. The van der Waals surface area contributed by atoms with E-state index >= 15 is 0 Å². The molecule has 1 aliphatic rings. The van der Waals surface area contributed by atoms with E-state index in [0.29, 0.717) is 11.6 Å². The van der Waals surface area contributed by atoms with Crippen molar-refractivity contribution in [3.8, 4) is 5.69 Å². The topological polar surface area (TPSA) is 81.4 Å². The lowest BCUT2D eigenvalue weighted by Crippen LogP contribution is -2.29. The van der Waals surface area contributed by atoms with E-state index in [1.807, 2.05) is 66.1 Å². The summed E-state index contributed by atoms with van der Waals surface area (Å²) in [5, 5.41) is 11.2. The molecule has 1 unspecified atom stereocenters. The average Bonchev–Trinajstić information content (AvgIpc) is 3.00. The van der Waals surface area contributed by atoms with Crippen LogP contribution in [0.1, 0.15) is 28.9 Å². The van der Waals surface area contributed by atoms with E-state index in [1.165, 1.54) is 7.11 Å². The Hall–Kier alpha value is -3.48. The van der Waals surface area contributed by atoms with Crippen molar-refractivity contribution in [1.82, 2.24) is 20.1 Å². The van der Waals surface area contributed by atoms with E-state index in [9.17, 15) is 4.79 Å². The number of carbonyl (C=O) groups is 1. The highest BCUT2D eigenvalue weighted by Crippen LogP contribution is 2.29. The van der Waals surface area contributed by atoms with Crippen molar-refractivity contribution in [3.05, 3.63) is 77.4 Å².